The quantitative estimate of drug-likeness (QED) is 0.458. The van der Waals surface area contributed by atoms with Crippen molar-refractivity contribution in [2.24, 2.45) is 0 Å². The normalized spacial score (nSPS) is 14.8. The molecule has 0 aliphatic carbocycles. The Morgan fingerprint density at radius 2 is 2.04 bits per heavy atom. The Morgan fingerprint density at radius 3 is 2.82 bits per heavy atom. The van der Waals surface area contributed by atoms with Crippen LogP contribution in [0.1, 0.15) is 25.7 Å². The van der Waals surface area contributed by atoms with E-state index in [0.29, 0.717) is 16.4 Å². The lowest BCUT2D eigenvalue weighted by Crippen LogP contribution is -2.23. The molecule has 1 aromatic carbocycles. The number of halogens is 1. The summed E-state index contributed by atoms with van der Waals surface area (Å²) in [5.74, 6) is 0.159. The Labute approximate surface area is 176 Å². The van der Waals surface area contributed by atoms with Gasteiger partial charge in [-0.1, -0.05) is 53.6 Å². The minimum atomic E-state index is -0.101. The summed E-state index contributed by atoms with van der Waals surface area (Å²) >= 11 is 8.98. The molecule has 9 heteroatoms. The van der Waals surface area contributed by atoms with Gasteiger partial charge in [0.15, 0.2) is 10.8 Å². The summed E-state index contributed by atoms with van der Waals surface area (Å²) in [7, 11) is 0. The number of benzene rings is 1. The summed E-state index contributed by atoms with van der Waals surface area (Å²) < 4.78 is 0.947. The fourth-order valence-electron chi connectivity index (χ4n) is 3.12. The van der Waals surface area contributed by atoms with Crippen molar-refractivity contribution in [3.8, 4) is 0 Å². The molecule has 0 bridgehead atoms. The average molecular weight is 434 g/mol. The van der Waals surface area contributed by atoms with E-state index in [-0.39, 0.29) is 11.7 Å². The number of anilines is 2. The summed E-state index contributed by atoms with van der Waals surface area (Å²) in [6.07, 6.45) is 6.49. The summed E-state index contributed by atoms with van der Waals surface area (Å²) in [4.78, 5) is 28.0. The lowest BCUT2D eigenvalue weighted by Gasteiger charge is -2.18. The van der Waals surface area contributed by atoms with Crippen LogP contribution in [-0.2, 0) is 4.79 Å². The van der Waals surface area contributed by atoms with Gasteiger partial charge >= 0.3 is 0 Å². The van der Waals surface area contributed by atoms with Crippen molar-refractivity contribution in [2.45, 2.75) is 30.7 Å². The standard InChI is InChI=1S/C19H20ClN5OS2/c20-13-6-5-7-14(10-13)23-15(26)11-27-18-16-17(21-12-22-18)24-19(28-16)25-8-3-1-2-4-9-25/h5-7,10,12H,1-4,8-9,11H2,(H,23,26). The number of rotatable bonds is 5. The third kappa shape index (κ3) is 4.74. The van der Waals surface area contributed by atoms with Crippen LogP contribution in [0.3, 0.4) is 0 Å². The van der Waals surface area contributed by atoms with Crippen LogP contribution < -0.4 is 10.2 Å². The van der Waals surface area contributed by atoms with E-state index in [0.717, 1.165) is 27.9 Å². The van der Waals surface area contributed by atoms with Gasteiger partial charge in [0.2, 0.25) is 5.91 Å². The predicted octanol–water partition coefficient (Wildman–Crippen LogP) is 4.85. The van der Waals surface area contributed by atoms with E-state index >= 15 is 0 Å². The van der Waals surface area contributed by atoms with Crippen LogP contribution in [0.15, 0.2) is 35.6 Å². The van der Waals surface area contributed by atoms with Crippen LogP contribution in [0.25, 0.3) is 10.3 Å². The van der Waals surface area contributed by atoms with Crippen molar-refractivity contribution < 1.29 is 4.79 Å². The molecule has 0 unspecified atom stereocenters. The molecule has 1 amide bonds. The second-order valence-corrected chi connectivity index (χ2v) is 8.95. The van der Waals surface area contributed by atoms with Crippen LogP contribution in [0.2, 0.25) is 5.02 Å². The molecule has 1 aliphatic heterocycles. The highest BCUT2D eigenvalue weighted by atomic mass is 35.5. The molecule has 1 N–H and O–H groups in total. The molecule has 1 fully saturated rings. The third-order valence-corrected chi connectivity index (χ3v) is 6.94. The predicted molar refractivity (Wildman–Crippen MR) is 117 cm³/mol. The highest BCUT2D eigenvalue weighted by molar-refractivity contribution is 8.00. The smallest absolute Gasteiger partial charge is 0.234 e. The number of amides is 1. The summed E-state index contributed by atoms with van der Waals surface area (Å²) in [5, 5.41) is 5.25. The first kappa shape index (κ1) is 19.4. The Morgan fingerprint density at radius 1 is 1.21 bits per heavy atom. The van der Waals surface area contributed by atoms with Crippen molar-refractivity contribution in [2.75, 3.05) is 29.1 Å². The molecule has 0 atom stereocenters. The number of thioether (sulfide) groups is 1. The largest absolute Gasteiger partial charge is 0.348 e. The highest BCUT2D eigenvalue weighted by Gasteiger charge is 2.17. The molecule has 1 saturated heterocycles. The van der Waals surface area contributed by atoms with Crippen molar-refractivity contribution in [1.82, 2.24) is 15.0 Å². The Balaban J connectivity index is 1.45. The van der Waals surface area contributed by atoms with Crippen LogP contribution in [0.5, 0.6) is 0 Å². The second kappa shape index (κ2) is 9.07. The first-order chi connectivity index (χ1) is 13.7. The number of fused-ring (bicyclic) bond motifs is 1. The van der Waals surface area contributed by atoms with Gasteiger partial charge in [-0.15, -0.1) is 0 Å². The number of nitrogens with zero attached hydrogens (tertiary/aromatic N) is 4. The Bertz CT molecular complexity index is 972. The molecule has 6 nitrogen and oxygen atoms in total. The third-order valence-electron chi connectivity index (χ3n) is 4.47. The van der Waals surface area contributed by atoms with Gasteiger partial charge in [-0.05, 0) is 31.0 Å². The molecule has 2 aromatic heterocycles. The zero-order valence-corrected chi connectivity index (χ0v) is 17.6. The highest BCUT2D eigenvalue weighted by Crippen LogP contribution is 2.34. The van der Waals surface area contributed by atoms with E-state index < -0.39 is 0 Å². The Kier molecular flexibility index (Phi) is 6.29. The van der Waals surface area contributed by atoms with Crippen LogP contribution in [-0.4, -0.2) is 39.7 Å². The maximum Gasteiger partial charge on any atom is 0.234 e. The molecule has 0 radical (unpaired) electrons. The zero-order valence-electron chi connectivity index (χ0n) is 15.2. The monoisotopic (exact) mass is 433 g/mol. The number of aromatic nitrogens is 3. The molecule has 3 heterocycles. The number of carbonyl (C=O) groups excluding carboxylic acids is 1. The molecule has 4 rings (SSSR count). The first-order valence-electron chi connectivity index (χ1n) is 9.24. The van der Waals surface area contributed by atoms with Gasteiger partial charge in [0.1, 0.15) is 16.1 Å². The van der Waals surface area contributed by atoms with Gasteiger partial charge < -0.3 is 10.2 Å². The maximum absolute atomic E-state index is 12.3. The molecular weight excluding hydrogens is 414 g/mol. The van der Waals surface area contributed by atoms with Gasteiger partial charge in [-0.3, -0.25) is 4.79 Å². The average Bonchev–Trinajstić information content (AvgIpc) is 2.93. The molecule has 0 saturated carbocycles. The van der Waals surface area contributed by atoms with Crippen LogP contribution in [0.4, 0.5) is 10.8 Å². The van der Waals surface area contributed by atoms with Gasteiger partial charge in [-0.25, -0.2) is 9.97 Å². The van der Waals surface area contributed by atoms with Gasteiger partial charge in [0, 0.05) is 23.8 Å². The van der Waals surface area contributed by atoms with E-state index in [2.05, 4.69) is 20.2 Å². The molecule has 0 spiro atoms. The molecule has 1 aliphatic rings. The van der Waals surface area contributed by atoms with Crippen LogP contribution in [0, 0.1) is 0 Å². The number of hydrogen-bond acceptors (Lipinski definition) is 7. The zero-order chi connectivity index (χ0) is 19.3. The first-order valence-corrected chi connectivity index (χ1v) is 11.4. The van der Waals surface area contributed by atoms with E-state index in [1.165, 1.54) is 43.8 Å². The second-order valence-electron chi connectivity index (χ2n) is 6.58. The Hall–Kier alpha value is -1.90. The van der Waals surface area contributed by atoms with E-state index in [9.17, 15) is 4.79 Å². The summed E-state index contributed by atoms with van der Waals surface area (Å²) in [6.45, 7) is 2.08. The topological polar surface area (TPSA) is 71.0 Å². The summed E-state index contributed by atoms with van der Waals surface area (Å²) in [5.41, 5.74) is 1.39. The van der Waals surface area contributed by atoms with Gasteiger partial charge in [0.05, 0.1) is 5.75 Å². The summed E-state index contributed by atoms with van der Waals surface area (Å²) in [6, 6.07) is 7.12. The van der Waals surface area contributed by atoms with Crippen molar-refractivity contribution in [3.05, 3.63) is 35.6 Å². The lowest BCUT2D eigenvalue weighted by atomic mass is 10.2. The van der Waals surface area contributed by atoms with E-state index in [4.69, 9.17) is 16.6 Å². The number of hydrogen-bond donors (Lipinski definition) is 1. The van der Waals surface area contributed by atoms with E-state index in [1.54, 1.807) is 29.5 Å². The molecular formula is C19H20ClN5OS2. The minimum absolute atomic E-state index is 0.101. The van der Waals surface area contributed by atoms with Crippen molar-refractivity contribution in [3.63, 3.8) is 0 Å². The fraction of sp³-hybridized carbons (Fsp3) is 0.368. The van der Waals surface area contributed by atoms with Crippen LogP contribution >= 0.6 is 34.7 Å². The number of thiazole rings is 1. The molecule has 3 aromatic rings. The van der Waals surface area contributed by atoms with Crippen molar-refractivity contribution in [1.29, 1.82) is 0 Å². The van der Waals surface area contributed by atoms with Gasteiger partial charge in [0.25, 0.3) is 0 Å². The number of nitrogens with one attached hydrogen (secondary N) is 1. The van der Waals surface area contributed by atoms with Gasteiger partial charge in [-0.2, -0.15) is 4.98 Å². The SMILES string of the molecule is O=C(CSc1ncnc2nc(N3CCCCCC3)sc12)Nc1cccc(Cl)c1. The maximum atomic E-state index is 12.3. The van der Waals surface area contributed by atoms with Crippen molar-refractivity contribution >= 4 is 61.8 Å². The van der Waals surface area contributed by atoms with E-state index in [1.807, 2.05) is 6.07 Å². The number of carbonyl (C=O) groups is 1. The molecule has 28 heavy (non-hydrogen) atoms. The minimum Gasteiger partial charge on any atom is -0.348 e. The molecule has 146 valence electrons. The lowest BCUT2D eigenvalue weighted by molar-refractivity contribution is -0.113. The fourth-order valence-corrected chi connectivity index (χ4v) is 5.25.